The maximum absolute atomic E-state index is 12.1. The van der Waals surface area contributed by atoms with Crippen LogP contribution in [0, 0.1) is 22.7 Å². The molecule has 144 valence electrons. The average Bonchev–Trinajstić information content (AvgIpc) is 3.14. The van der Waals surface area contributed by atoms with E-state index in [2.05, 4.69) is 33.0 Å². The third kappa shape index (κ3) is 3.57. The lowest BCUT2D eigenvalue weighted by atomic mass is 9.86. The van der Waals surface area contributed by atoms with E-state index in [1.165, 1.54) is 11.3 Å². The van der Waals surface area contributed by atoms with E-state index in [9.17, 15) is 15.3 Å². The van der Waals surface area contributed by atoms with Crippen molar-refractivity contribution in [3.8, 4) is 12.1 Å². The zero-order valence-electron chi connectivity index (χ0n) is 16.2. The number of aromatic nitrogens is 2. The molecular weight excluding hydrogens is 376 g/mol. The lowest BCUT2D eigenvalue weighted by molar-refractivity contribution is 0.0635. The predicted octanol–water partition coefficient (Wildman–Crippen LogP) is 4.25. The Morgan fingerprint density at radius 2 is 1.86 bits per heavy atom. The Hall–Kier alpha value is -3.30. The first kappa shape index (κ1) is 19.5. The molecule has 28 heavy (non-hydrogen) atoms. The van der Waals surface area contributed by atoms with Gasteiger partial charge in [0.1, 0.15) is 5.60 Å². The number of fused-ring (bicyclic) bond motifs is 1. The first-order chi connectivity index (χ1) is 13.1. The number of H-pyrrole nitrogens is 1. The van der Waals surface area contributed by atoms with Gasteiger partial charge < -0.3 is 10.1 Å². The van der Waals surface area contributed by atoms with Crippen molar-refractivity contribution in [2.45, 2.75) is 46.1 Å². The Kier molecular flexibility index (Phi) is 4.88. The number of rotatable bonds is 2. The molecule has 3 heterocycles. The number of carbonyl (C=O) groups excluding carboxylic acids is 1. The molecule has 1 aliphatic rings. The molecule has 3 N–H and O–H groups in total. The number of thiophene rings is 1. The van der Waals surface area contributed by atoms with Crippen molar-refractivity contribution in [3.63, 3.8) is 0 Å². The van der Waals surface area contributed by atoms with E-state index in [-0.39, 0.29) is 0 Å². The number of ether oxygens (including phenoxy) is 1. The standard InChI is InChI=1S/C19H20N6O2S/c1-9-11(7-20)15(12(8-21)10(2)22-9)14-6-13-16(28-14)17(25-24-13)23-18(26)27-19(3,4)5/h6,15,22H,1-5H3,(H2,23,24,25,26). The number of nitrogens with one attached hydrogen (secondary N) is 3. The highest BCUT2D eigenvalue weighted by Crippen LogP contribution is 2.43. The second-order valence-corrected chi connectivity index (χ2v) is 8.53. The van der Waals surface area contributed by atoms with Gasteiger partial charge in [0.2, 0.25) is 0 Å². The SMILES string of the molecule is CC1=C(C#N)C(c2cc3[nH]nc(NC(=O)OC(C)(C)C)c3s2)C(C#N)=C(C)N1. The molecule has 0 atom stereocenters. The summed E-state index contributed by atoms with van der Waals surface area (Å²) >= 11 is 1.38. The highest BCUT2D eigenvalue weighted by molar-refractivity contribution is 7.19. The van der Waals surface area contributed by atoms with Crippen LogP contribution in [0.3, 0.4) is 0 Å². The number of nitriles is 2. The van der Waals surface area contributed by atoms with E-state index in [0.717, 1.165) is 26.5 Å². The molecule has 0 spiro atoms. The summed E-state index contributed by atoms with van der Waals surface area (Å²) in [6, 6.07) is 6.30. The van der Waals surface area contributed by atoms with E-state index < -0.39 is 17.6 Å². The number of hydrogen-bond acceptors (Lipinski definition) is 7. The maximum Gasteiger partial charge on any atom is 0.413 e. The summed E-state index contributed by atoms with van der Waals surface area (Å²) in [5, 5.41) is 32.0. The molecule has 2 aromatic heterocycles. The molecule has 9 heteroatoms. The summed E-state index contributed by atoms with van der Waals surface area (Å²) in [5.74, 6) is -0.0933. The summed E-state index contributed by atoms with van der Waals surface area (Å²) in [5.41, 5.74) is 2.55. The summed E-state index contributed by atoms with van der Waals surface area (Å²) in [7, 11) is 0. The van der Waals surface area contributed by atoms with Crippen LogP contribution in [0.2, 0.25) is 0 Å². The zero-order chi connectivity index (χ0) is 20.6. The number of allylic oxidation sites excluding steroid dienone is 4. The number of hydrogen-bond donors (Lipinski definition) is 3. The van der Waals surface area contributed by atoms with E-state index in [4.69, 9.17) is 4.74 Å². The van der Waals surface area contributed by atoms with Crippen LogP contribution in [-0.4, -0.2) is 21.9 Å². The molecule has 8 nitrogen and oxygen atoms in total. The third-order valence-electron chi connectivity index (χ3n) is 4.16. The fourth-order valence-corrected chi connectivity index (χ4v) is 4.21. The van der Waals surface area contributed by atoms with E-state index in [0.29, 0.717) is 17.0 Å². The molecule has 0 saturated heterocycles. The first-order valence-corrected chi connectivity index (χ1v) is 9.42. The lowest BCUT2D eigenvalue weighted by Crippen LogP contribution is -2.27. The van der Waals surface area contributed by atoms with Crippen molar-refractivity contribution in [1.29, 1.82) is 10.5 Å². The van der Waals surface area contributed by atoms with Gasteiger partial charge in [-0.25, -0.2) is 4.79 Å². The monoisotopic (exact) mass is 396 g/mol. The van der Waals surface area contributed by atoms with Crippen LogP contribution in [-0.2, 0) is 4.74 Å². The van der Waals surface area contributed by atoms with Crippen molar-refractivity contribution in [2.24, 2.45) is 0 Å². The topological polar surface area (TPSA) is 127 Å². The average molecular weight is 396 g/mol. The predicted molar refractivity (Wildman–Crippen MR) is 106 cm³/mol. The number of dihydropyridines is 1. The fourth-order valence-electron chi connectivity index (χ4n) is 3.04. The minimum Gasteiger partial charge on any atom is -0.444 e. The van der Waals surface area contributed by atoms with Gasteiger partial charge in [0, 0.05) is 16.3 Å². The minimum absolute atomic E-state index is 0.354. The Morgan fingerprint density at radius 3 is 2.39 bits per heavy atom. The van der Waals surface area contributed by atoms with Gasteiger partial charge in [-0.2, -0.15) is 15.6 Å². The Labute approximate surface area is 166 Å². The molecule has 0 aliphatic carbocycles. The summed E-state index contributed by atoms with van der Waals surface area (Å²) < 4.78 is 6.00. The van der Waals surface area contributed by atoms with E-state index >= 15 is 0 Å². The van der Waals surface area contributed by atoms with Gasteiger partial charge in [-0.1, -0.05) is 0 Å². The molecule has 0 unspecified atom stereocenters. The van der Waals surface area contributed by atoms with E-state index in [1.807, 2.05) is 19.9 Å². The van der Waals surface area contributed by atoms with Gasteiger partial charge in [-0.15, -0.1) is 11.3 Å². The molecule has 0 fully saturated rings. The van der Waals surface area contributed by atoms with Crippen LogP contribution in [0.5, 0.6) is 0 Å². The highest BCUT2D eigenvalue weighted by Gasteiger charge is 2.31. The maximum atomic E-state index is 12.1. The summed E-state index contributed by atoms with van der Waals surface area (Å²) in [4.78, 5) is 12.9. The molecule has 0 radical (unpaired) electrons. The Morgan fingerprint density at radius 1 is 1.25 bits per heavy atom. The van der Waals surface area contributed by atoms with Crippen LogP contribution in [0.25, 0.3) is 10.2 Å². The van der Waals surface area contributed by atoms with E-state index in [1.54, 1.807) is 20.8 Å². The van der Waals surface area contributed by atoms with Crippen LogP contribution in [0.1, 0.15) is 45.4 Å². The van der Waals surface area contributed by atoms with Gasteiger partial charge in [-0.3, -0.25) is 10.4 Å². The van der Waals surface area contributed by atoms with Gasteiger partial charge >= 0.3 is 6.09 Å². The largest absolute Gasteiger partial charge is 0.444 e. The van der Waals surface area contributed by atoms with Crippen LogP contribution in [0.15, 0.2) is 28.6 Å². The zero-order valence-corrected chi connectivity index (χ0v) is 17.0. The highest BCUT2D eigenvalue weighted by atomic mass is 32.1. The Bertz CT molecular complexity index is 1060. The molecule has 2 aromatic rings. The van der Waals surface area contributed by atoms with Crippen LogP contribution >= 0.6 is 11.3 Å². The second-order valence-electron chi connectivity index (χ2n) is 7.45. The van der Waals surface area contributed by atoms with Crippen molar-refractivity contribution < 1.29 is 9.53 Å². The molecule has 0 saturated carbocycles. The lowest BCUT2D eigenvalue weighted by Gasteiger charge is -2.24. The van der Waals surface area contributed by atoms with Crippen molar-refractivity contribution >= 4 is 33.5 Å². The smallest absolute Gasteiger partial charge is 0.413 e. The fraction of sp³-hybridized carbons (Fsp3) is 0.368. The number of anilines is 1. The first-order valence-electron chi connectivity index (χ1n) is 8.61. The normalized spacial score (nSPS) is 15.2. The molecule has 0 aromatic carbocycles. The summed E-state index contributed by atoms with van der Waals surface area (Å²) in [6.45, 7) is 8.98. The van der Waals surface area contributed by atoms with Crippen LogP contribution in [0.4, 0.5) is 10.6 Å². The molecule has 1 aliphatic heterocycles. The number of nitrogens with zero attached hydrogens (tertiary/aromatic N) is 3. The van der Waals surface area contributed by atoms with Crippen molar-refractivity contribution in [2.75, 3.05) is 5.32 Å². The van der Waals surface area contributed by atoms with Gasteiger partial charge in [-0.05, 0) is 40.7 Å². The van der Waals surface area contributed by atoms with Crippen molar-refractivity contribution in [3.05, 3.63) is 33.5 Å². The number of carbonyl (C=O) groups is 1. The van der Waals surface area contributed by atoms with Crippen molar-refractivity contribution in [1.82, 2.24) is 15.5 Å². The third-order valence-corrected chi connectivity index (χ3v) is 5.37. The number of amides is 1. The number of aromatic amines is 1. The Balaban J connectivity index is 2.00. The molecule has 3 rings (SSSR count). The minimum atomic E-state index is -0.622. The molecule has 1 amide bonds. The second kappa shape index (κ2) is 7.02. The molecule has 0 bridgehead atoms. The van der Waals surface area contributed by atoms with Gasteiger partial charge in [0.05, 0.1) is 39.4 Å². The summed E-state index contributed by atoms with van der Waals surface area (Å²) in [6.07, 6.45) is -0.598. The van der Waals surface area contributed by atoms with Crippen LogP contribution < -0.4 is 10.6 Å². The molecular formula is C19H20N6O2S. The van der Waals surface area contributed by atoms with Gasteiger partial charge in [0.25, 0.3) is 0 Å². The quantitative estimate of drug-likeness (QED) is 0.696. The van der Waals surface area contributed by atoms with Gasteiger partial charge in [0.15, 0.2) is 5.82 Å².